The molecule has 12 heterocycles. The van der Waals surface area contributed by atoms with E-state index < -0.39 is 70.2 Å². The fourth-order valence-electron chi connectivity index (χ4n) is 15.6. The quantitative estimate of drug-likeness (QED) is 0.0292. The number of aryl methyl sites for hydroxylation is 3. The number of fused-ring (bicyclic) bond motifs is 4. The summed E-state index contributed by atoms with van der Waals surface area (Å²) in [5, 5.41) is 18.7. The van der Waals surface area contributed by atoms with Crippen LogP contribution in [0.3, 0.4) is 0 Å². The van der Waals surface area contributed by atoms with E-state index >= 15 is 0 Å². The monoisotopic (exact) mass is 1920 g/mol. The van der Waals surface area contributed by atoms with Gasteiger partial charge in [-0.1, -0.05) is 138 Å². The number of nitrogens with zero attached hydrogens (tertiary/aromatic N) is 15. The first kappa shape index (κ1) is 92.9. The number of rotatable bonds is 19. The lowest BCUT2D eigenvalue weighted by molar-refractivity contribution is 0.161. The van der Waals surface area contributed by atoms with Crippen molar-refractivity contribution in [2.24, 2.45) is 5.73 Å². The lowest BCUT2D eigenvalue weighted by Crippen LogP contribution is -2.48. The summed E-state index contributed by atoms with van der Waals surface area (Å²) in [5.41, 5.74) is 11.8. The molecule has 3 saturated carbocycles. The Morgan fingerprint density at radius 2 is 0.777 bits per heavy atom. The largest absolute Gasteiger partial charge is 0.453 e. The minimum atomic E-state index is -4.03. The van der Waals surface area contributed by atoms with Crippen LogP contribution in [-0.4, -0.2) is 169 Å². The fraction of sp³-hybridized carbons (Fsp3) is 0.276. The molecule has 0 spiro atoms. The van der Waals surface area contributed by atoms with Crippen LogP contribution in [0.4, 0.5) is 39.8 Å². The molecule has 130 heavy (non-hydrogen) atoms. The topological polar surface area (TPSA) is 417 Å². The van der Waals surface area contributed by atoms with Gasteiger partial charge in [-0.15, -0.1) is 0 Å². The highest BCUT2D eigenvalue weighted by Gasteiger charge is 2.34. The van der Waals surface area contributed by atoms with E-state index in [1.807, 2.05) is 27.8 Å². The van der Waals surface area contributed by atoms with E-state index in [4.69, 9.17) is 56.9 Å². The minimum Gasteiger partial charge on any atom is -0.453 e. The summed E-state index contributed by atoms with van der Waals surface area (Å²) in [6.45, 7) is 5.59. The average molecular weight is 1930 g/mol. The van der Waals surface area contributed by atoms with Crippen LogP contribution in [-0.2, 0) is 45.6 Å². The lowest BCUT2D eigenvalue weighted by atomic mass is 9.90. The number of likely N-dealkylation sites (N-methyl/N-ethyl adjacent to an activating group) is 1. The number of carbonyl (C=O) groups is 1. The maximum atomic E-state index is 14.9. The standard InChI is InChI=1S/C26H26ClFN6O4S.C24H24ClFN6O2S.C19H14ClFN4O3S2.C18H20ClFN6/c1-15-7-9-17(10-8-15)39(36,37)34-14-19(18-11-16(27)12-30-25(18)34)23-29-13-20(28)24(33-23)31-21-5-3-4-6-22(21)32-26(35)38-2;1-14-6-8-16(9-7-14)35(33,34)32-13-18(17-10-15(25)11-29-24(17)32)22-28-12-19(26)23(31-22)30-21-5-3-2-4-20(21)27;1-11-3-5-13(6-4-11)30(27,28)25-10-15(14-7-12(20)8-23-18(14)25)17-22-9-16(21)19(24-17)29(2)26;1-21-14-4-2-3-5-15(14)25-18-13(20)9-24-17(26-18)12-8-23-16-11(12)6-10(19)7-22-16/h7-14,21-22H,3-6H2,1-2H3,(H,32,35)(H,29,31,33);6-13,20-21H,2-5,27H2,1H3,(H,28,30,31);3-10H,1-2H3;6-9,14-15,21H,2-5H2,1H3,(H,22,23)(H,24,25,26)/t21-,22-;20-,21-;;14-,15-/m00.0/s1. The first-order valence-corrected chi connectivity index (χ1v) is 48.2. The molecular weight excluding hydrogens is 1840 g/mol. The second-order valence-electron chi connectivity index (χ2n) is 31.2. The zero-order valence-corrected chi connectivity index (χ0v) is 76.5. The molecule has 3 aliphatic rings. The van der Waals surface area contributed by atoms with Crippen LogP contribution in [0.5, 0.6) is 0 Å². The summed E-state index contributed by atoms with van der Waals surface area (Å²) >= 11 is 24.5. The van der Waals surface area contributed by atoms with Crippen molar-refractivity contribution in [2.75, 3.05) is 36.4 Å². The number of amides is 1. The Balaban J connectivity index is 0.000000134. The van der Waals surface area contributed by atoms with Crippen LogP contribution >= 0.6 is 46.4 Å². The number of ether oxygens (including phenoxy) is 1. The molecule has 31 nitrogen and oxygen atoms in total. The minimum absolute atomic E-state index is 0.00789. The normalized spacial score (nSPS) is 17.4. The van der Waals surface area contributed by atoms with Crippen LogP contribution in [0.1, 0.15) is 93.7 Å². The SMILES string of the molecule is CN[C@H]1CCCC[C@@H]1Nc1nc(-c2c[nH]c3ncc(Cl)cc23)ncc1F.COC(=O)N[C@H]1CCCC[C@@H]1Nc1nc(-c2cn(S(=O)(=O)c3ccc(C)cc3)c3ncc(Cl)cc23)ncc1F.Cc1ccc(S(=O)(=O)n2cc(-c3ncc(F)c(N[C@H]4CCCC[C@@H]4N)n3)c3cc(Cl)cnc32)cc1.Cc1ccc(S(=O)(=O)n2cc(-c3ncc(F)c(S(C)=O)n3)c3cc(Cl)cnc32)cc1. The summed E-state index contributed by atoms with van der Waals surface area (Å²) in [7, 11) is -10.5. The maximum absolute atomic E-state index is 14.9. The number of nitrogens with two attached hydrogens (primary N) is 1. The molecule has 676 valence electrons. The third kappa shape index (κ3) is 20.2. The third-order valence-electron chi connectivity index (χ3n) is 22.3. The number of nitrogens with one attached hydrogen (secondary N) is 6. The van der Waals surface area contributed by atoms with Crippen molar-refractivity contribution in [3.05, 3.63) is 231 Å². The average Bonchev–Trinajstić information content (AvgIpc) is 1.60. The number of hydrogen-bond acceptors (Lipinski definition) is 26. The van der Waals surface area contributed by atoms with E-state index in [2.05, 4.69) is 91.4 Å². The maximum Gasteiger partial charge on any atom is 0.407 e. The molecule has 3 aromatic carbocycles. The van der Waals surface area contributed by atoms with Crippen molar-refractivity contribution in [3.63, 3.8) is 0 Å². The molecule has 0 radical (unpaired) electrons. The molecule has 3 fully saturated rings. The van der Waals surface area contributed by atoms with Gasteiger partial charge in [0, 0.05) is 130 Å². The predicted octanol–water partition coefficient (Wildman–Crippen LogP) is 16.7. The van der Waals surface area contributed by atoms with Gasteiger partial charge < -0.3 is 42.0 Å². The summed E-state index contributed by atoms with van der Waals surface area (Å²) in [4.78, 5) is 65.8. The Morgan fingerprint density at radius 1 is 0.446 bits per heavy atom. The van der Waals surface area contributed by atoms with Crippen molar-refractivity contribution in [2.45, 2.75) is 154 Å². The molecule has 18 rings (SSSR count). The zero-order chi connectivity index (χ0) is 92.2. The zero-order valence-electron chi connectivity index (χ0n) is 70.2. The molecule has 3 aliphatic carbocycles. The van der Waals surface area contributed by atoms with Crippen LogP contribution in [0.25, 0.3) is 89.7 Å². The van der Waals surface area contributed by atoms with Gasteiger partial charge in [-0.05, 0) is 127 Å². The number of alkyl carbamates (subject to hydrolysis) is 1. The smallest absolute Gasteiger partial charge is 0.407 e. The van der Waals surface area contributed by atoms with Crippen LogP contribution in [0, 0.1) is 44.0 Å². The lowest BCUT2D eigenvalue weighted by Gasteiger charge is -2.32. The summed E-state index contributed by atoms with van der Waals surface area (Å²) < 4.78 is 158. The Hall–Kier alpha value is -11.8. The molecule has 7 atom stereocenters. The Morgan fingerprint density at radius 3 is 1.16 bits per heavy atom. The molecule has 15 aromatic rings. The Labute approximate surface area is 766 Å². The van der Waals surface area contributed by atoms with Crippen LogP contribution in [0.15, 0.2) is 191 Å². The second-order valence-corrected chi connectivity index (χ2v) is 39.7. The van der Waals surface area contributed by atoms with E-state index in [-0.39, 0.29) is 117 Å². The number of methoxy groups -OCH3 is 1. The van der Waals surface area contributed by atoms with Gasteiger partial charge in [0.05, 0.1) is 83.5 Å². The molecular formula is C87H84Cl4F4N22O9S4. The Bertz CT molecular complexity index is 7170. The van der Waals surface area contributed by atoms with Crippen molar-refractivity contribution >= 4 is 155 Å². The number of aromatic amines is 1. The number of halogens is 8. The molecule has 1 unspecified atom stereocenters. The Kier molecular flexibility index (Phi) is 28.2. The van der Waals surface area contributed by atoms with E-state index in [9.17, 15) is 51.8 Å². The van der Waals surface area contributed by atoms with Crippen molar-refractivity contribution < 1.29 is 56.6 Å². The number of pyridine rings is 4. The summed E-state index contributed by atoms with van der Waals surface area (Å²) in [5.74, 6) is -1.72. The van der Waals surface area contributed by atoms with Crippen LogP contribution in [0.2, 0.25) is 20.1 Å². The third-order valence-corrected chi connectivity index (χ3v) is 29.0. The summed E-state index contributed by atoms with van der Waals surface area (Å²) in [6.07, 6.45) is 27.6. The molecule has 0 saturated heterocycles. The highest BCUT2D eigenvalue weighted by molar-refractivity contribution is 7.90. The number of benzene rings is 3. The molecule has 12 aromatic heterocycles. The molecule has 0 bridgehead atoms. The molecule has 8 N–H and O–H groups in total. The van der Waals surface area contributed by atoms with Gasteiger partial charge in [0.1, 0.15) is 5.65 Å². The first-order valence-electron chi connectivity index (χ1n) is 40.9. The van der Waals surface area contributed by atoms with E-state index in [1.165, 1.54) is 106 Å². The number of anilines is 3. The van der Waals surface area contributed by atoms with Gasteiger partial charge in [0.15, 0.2) is 86.0 Å². The highest BCUT2D eigenvalue weighted by Crippen LogP contribution is 2.39. The number of carbonyl (C=O) groups excluding carboxylic acids is 1. The predicted molar refractivity (Wildman–Crippen MR) is 491 cm³/mol. The van der Waals surface area contributed by atoms with Gasteiger partial charge >= 0.3 is 6.09 Å². The van der Waals surface area contributed by atoms with Gasteiger partial charge in [-0.25, -0.2) is 119 Å². The van der Waals surface area contributed by atoms with Crippen molar-refractivity contribution in [1.82, 2.24) is 87.3 Å². The fourth-order valence-corrected chi connectivity index (χ4v) is 20.7. The van der Waals surface area contributed by atoms with Gasteiger partial charge in [0.2, 0.25) is 0 Å². The molecule has 1 amide bonds. The molecule has 0 aliphatic heterocycles. The van der Waals surface area contributed by atoms with Gasteiger partial charge in [-0.2, -0.15) is 0 Å². The number of aromatic nitrogens is 16. The highest BCUT2D eigenvalue weighted by atomic mass is 35.5. The van der Waals surface area contributed by atoms with Crippen molar-refractivity contribution in [3.8, 4) is 45.6 Å². The van der Waals surface area contributed by atoms with E-state index in [0.29, 0.717) is 67.7 Å². The first-order chi connectivity index (χ1) is 62.2. The van der Waals surface area contributed by atoms with E-state index in [1.54, 1.807) is 67.0 Å². The van der Waals surface area contributed by atoms with Crippen molar-refractivity contribution in [1.29, 1.82) is 0 Å². The van der Waals surface area contributed by atoms with Crippen LogP contribution < -0.4 is 32.3 Å². The molecule has 43 heteroatoms. The van der Waals surface area contributed by atoms with Gasteiger partial charge in [-0.3, -0.25) is 4.21 Å². The second kappa shape index (κ2) is 39.5. The number of hydrogen-bond donors (Lipinski definition) is 7. The van der Waals surface area contributed by atoms with Gasteiger partial charge in [0.25, 0.3) is 30.1 Å². The van der Waals surface area contributed by atoms with E-state index in [0.717, 1.165) is 116 Å². The summed E-state index contributed by atoms with van der Waals surface area (Å²) in [6, 6.07) is 25.5. The number of H-pyrrole nitrogens is 1.